The molecule has 1 aliphatic rings. The van der Waals surface area contributed by atoms with Crippen LogP contribution in [0.25, 0.3) is 0 Å². The van der Waals surface area contributed by atoms with Gasteiger partial charge < -0.3 is 10.2 Å². The van der Waals surface area contributed by atoms with Crippen molar-refractivity contribution in [1.29, 1.82) is 0 Å². The number of carbonyl (C=O) groups excluding carboxylic acids is 2. The molecule has 2 N–H and O–H groups in total. The van der Waals surface area contributed by atoms with Crippen molar-refractivity contribution in [3.8, 4) is 5.75 Å². The van der Waals surface area contributed by atoms with Crippen molar-refractivity contribution >= 4 is 17.8 Å². The van der Waals surface area contributed by atoms with Gasteiger partial charge in [-0.05, 0) is 66.1 Å². The van der Waals surface area contributed by atoms with Crippen LogP contribution in [0.5, 0.6) is 5.75 Å². The van der Waals surface area contributed by atoms with Crippen LogP contribution in [0.4, 0.5) is 0 Å². The number of rotatable bonds is 9. The van der Waals surface area contributed by atoms with Gasteiger partial charge in [0.05, 0.1) is 11.1 Å². The Morgan fingerprint density at radius 1 is 0.727 bits per heavy atom. The summed E-state index contributed by atoms with van der Waals surface area (Å²) in [4.78, 5) is 37.6. The van der Waals surface area contributed by atoms with Crippen LogP contribution in [0, 0.1) is 0 Å². The topological polar surface area (TPSA) is 94.9 Å². The number of aryl methyl sites for hydroxylation is 3. The Morgan fingerprint density at radius 3 is 1.88 bits per heavy atom. The van der Waals surface area contributed by atoms with Gasteiger partial charge in [0.15, 0.2) is 0 Å². The molecule has 0 saturated heterocycles. The first kappa shape index (κ1) is 22.3. The summed E-state index contributed by atoms with van der Waals surface area (Å²) in [7, 11) is 0. The summed E-state index contributed by atoms with van der Waals surface area (Å²) in [5, 5.41) is 19.1. The lowest BCUT2D eigenvalue weighted by molar-refractivity contribution is -0.136. The van der Waals surface area contributed by atoms with Gasteiger partial charge in [-0.3, -0.25) is 19.3 Å². The number of hydrogen-bond acceptors (Lipinski definition) is 4. The molecule has 0 unspecified atom stereocenters. The Kier molecular flexibility index (Phi) is 6.54. The number of fused-ring (bicyclic) bond motifs is 1. The minimum atomic E-state index is -0.859. The molecule has 0 saturated carbocycles. The molecule has 0 aliphatic carbocycles. The zero-order valence-corrected chi connectivity index (χ0v) is 18.2. The van der Waals surface area contributed by atoms with Crippen LogP contribution in [-0.4, -0.2) is 39.4 Å². The van der Waals surface area contributed by atoms with Gasteiger partial charge in [-0.1, -0.05) is 48.5 Å². The zero-order chi connectivity index (χ0) is 23.4. The number of carbonyl (C=O) groups is 3. The van der Waals surface area contributed by atoms with E-state index in [1.54, 1.807) is 36.4 Å². The minimum Gasteiger partial charge on any atom is -0.508 e. The monoisotopic (exact) mass is 443 g/mol. The van der Waals surface area contributed by atoms with Gasteiger partial charge in [0.25, 0.3) is 11.8 Å². The second-order valence-electron chi connectivity index (χ2n) is 8.24. The predicted molar refractivity (Wildman–Crippen MR) is 123 cm³/mol. The molecular weight excluding hydrogens is 418 g/mol. The highest BCUT2D eigenvalue weighted by Crippen LogP contribution is 2.24. The first-order chi connectivity index (χ1) is 15.9. The number of nitrogens with zero attached hydrogens (tertiary/aromatic N) is 1. The molecule has 6 nitrogen and oxygen atoms in total. The number of phenols is 1. The molecule has 0 bridgehead atoms. The lowest BCUT2D eigenvalue weighted by Gasteiger charge is -2.15. The van der Waals surface area contributed by atoms with E-state index in [0.717, 1.165) is 22.3 Å². The predicted octanol–water partition coefficient (Wildman–Crippen LogP) is 4.03. The highest BCUT2D eigenvalue weighted by Gasteiger charge is 2.34. The number of aliphatic carboxylic acids is 1. The van der Waals surface area contributed by atoms with Gasteiger partial charge in [-0.25, -0.2) is 0 Å². The van der Waals surface area contributed by atoms with Gasteiger partial charge in [0, 0.05) is 13.0 Å². The molecule has 2 amide bonds. The number of imide groups is 1. The fourth-order valence-corrected chi connectivity index (χ4v) is 4.21. The summed E-state index contributed by atoms with van der Waals surface area (Å²) in [6, 6.07) is 20.0. The Bertz CT molecular complexity index is 1180. The number of amides is 2. The van der Waals surface area contributed by atoms with Crippen molar-refractivity contribution in [1.82, 2.24) is 4.90 Å². The molecule has 33 heavy (non-hydrogen) atoms. The molecule has 0 radical (unpaired) electrons. The van der Waals surface area contributed by atoms with Gasteiger partial charge >= 0.3 is 5.97 Å². The summed E-state index contributed by atoms with van der Waals surface area (Å²) >= 11 is 0. The van der Waals surface area contributed by atoms with E-state index < -0.39 is 5.97 Å². The second-order valence-corrected chi connectivity index (χ2v) is 8.24. The lowest BCUT2D eigenvalue weighted by atomic mass is 9.96. The van der Waals surface area contributed by atoms with Crippen LogP contribution in [-0.2, 0) is 30.5 Å². The average molecular weight is 443 g/mol. The number of benzene rings is 3. The molecule has 4 rings (SSSR count). The fourth-order valence-electron chi connectivity index (χ4n) is 4.21. The van der Waals surface area contributed by atoms with Crippen molar-refractivity contribution in [3.63, 3.8) is 0 Å². The Morgan fingerprint density at radius 2 is 1.27 bits per heavy atom. The quantitative estimate of drug-likeness (QED) is 0.487. The van der Waals surface area contributed by atoms with E-state index in [4.69, 9.17) is 5.11 Å². The van der Waals surface area contributed by atoms with Crippen molar-refractivity contribution < 1.29 is 24.6 Å². The normalized spacial score (nSPS) is 12.8. The smallest absolute Gasteiger partial charge is 0.303 e. The molecule has 3 aromatic carbocycles. The number of carboxylic acid groups (broad SMARTS) is 1. The first-order valence-corrected chi connectivity index (χ1v) is 11.0. The van der Waals surface area contributed by atoms with Crippen LogP contribution in [0.2, 0.25) is 0 Å². The molecule has 1 heterocycles. The van der Waals surface area contributed by atoms with E-state index in [1.165, 1.54) is 4.90 Å². The molecule has 0 aromatic heterocycles. The maximum Gasteiger partial charge on any atom is 0.303 e. The molecule has 0 atom stereocenters. The third kappa shape index (κ3) is 5.12. The minimum absolute atomic E-state index is 0.0285. The average Bonchev–Trinajstić information content (AvgIpc) is 3.05. The fraction of sp³-hybridized carbons (Fsp3) is 0.222. The maximum absolute atomic E-state index is 12.6. The Balaban J connectivity index is 1.50. The maximum atomic E-state index is 12.6. The SMILES string of the molecule is O=C(O)CCc1cc(CCc2ccccc2O)cc(CCN2C(=O)c3ccccc3C2=O)c1. The van der Waals surface area contributed by atoms with E-state index in [9.17, 15) is 19.5 Å². The van der Waals surface area contributed by atoms with Crippen LogP contribution < -0.4 is 0 Å². The van der Waals surface area contributed by atoms with Gasteiger partial charge in [-0.15, -0.1) is 0 Å². The van der Waals surface area contributed by atoms with Crippen molar-refractivity contribution in [2.45, 2.75) is 32.1 Å². The van der Waals surface area contributed by atoms with E-state index in [2.05, 4.69) is 0 Å². The van der Waals surface area contributed by atoms with E-state index in [0.29, 0.717) is 36.8 Å². The zero-order valence-electron chi connectivity index (χ0n) is 18.2. The highest BCUT2D eigenvalue weighted by atomic mass is 16.4. The Labute approximate surface area is 192 Å². The van der Waals surface area contributed by atoms with Crippen molar-refractivity contribution in [2.75, 3.05) is 6.54 Å². The number of hydrogen-bond donors (Lipinski definition) is 2. The third-order valence-electron chi connectivity index (χ3n) is 5.92. The first-order valence-electron chi connectivity index (χ1n) is 11.0. The largest absolute Gasteiger partial charge is 0.508 e. The summed E-state index contributed by atoms with van der Waals surface area (Å²) in [5.41, 5.74) is 4.59. The van der Waals surface area contributed by atoms with E-state index in [1.807, 2.05) is 30.3 Å². The summed E-state index contributed by atoms with van der Waals surface area (Å²) in [6.07, 6.45) is 2.24. The van der Waals surface area contributed by atoms with Crippen LogP contribution in [0.15, 0.2) is 66.7 Å². The van der Waals surface area contributed by atoms with Gasteiger partial charge in [-0.2, -0.15) is 0 Å². The molecule has 6 heteroatoms. The Hall–Kier alpha value is -3.93. The molecule has 1 aliphatic heterocycles. The molecule has 0 fully saturated rings. The van der Waals surface area contributed by atoms with Gasteiger partial charge in [0.2, 0.25) is 0 Å². The molecular formula is C27H25NO5. The summed E-state index contributed by atoms with van der Waals surface area (Å²) in [5.74, 6) is -1.16. The molecule has 0 spiro atoms. The van der Waals surface area contributed by atoms with E-state index in [-0.39, 0.29) is 30.5 Å². The number of aromatic hydroxyl groups is 1. The molecule has 3 aromatic rings. The van der Waals surface area contributed by atoms with Gasteiger partial charge in [0.1, 0.15) is 5.75 Å². The van der Waals surface area contributed by atoms with Crippen LogP contribution in [0.1, 0.15) is 49.4 Å². The third-order valence-corrected chi connectivity index (χ3v) is 5.92. The number of phenolic OH excluding ortho intramolecular Hbond substituents is 1. The lowest BCUT2D eigenvalue weighted by Crippen LogP contribution is -2.31. The molecule has 168 valence electrons. The summed E-state index contributed by atoms with van der Waals surface area (Å²) in [6.45, 7) is 0.258. The highest BCUT2D eigenvalue weighted by molar-refractivity contribution is 6.21. The van der Waals surface area contributed by atoms with Crippen LogP contribution >= 0.6 is 0 Å². The van der Waals surface area contributed by atoms with Crippen molar-refractivity contribution in [2.24, 2.45) is 0 Å². The van der Waals surface area contributed by atoms with Crippen LogP contribution in [0.3, 0.4) is 0 Å². The van der Waals surface area contributed by atoms with Crippen molar-refractivity contribution in [3.05, 3.63) is 100 Å². The second kappa shape index (κ2) is 9.69. The van der Waals surface area contributed by atoms with E-state index >= 15 is 0 Å². The summed E-state index contributed by atoms with van der Waals surface area (Å²) < 4.78 is 0. The standard InChI is InChI=1S/C27H25NO5/c29-24-8-4-1-5-21(24)11-9-18-15-19(10-12-25(30)31)17-20(16-18)13-14-28-26(32)22-6-2-3-7-23(22)27(28)33/h1-8,15-17,29H,9-14H2,(H,30,31). The number of carboxylic acids is 1. The number of para-hydroxylation sites is 1.